The van der Waals surface area contributed by atoms with Crippen molar-refractivity contribution >= 4 is 23.8 Å². The molecule has 8 nitrogen and oxygen atoms in total. The van der Waals surface area contributed by atoms with E-state index < -0.39 is 0 Å². The molecule has 2 aromatic carbocycles. The Morgan fingerprint density at radius 3 is 2.64 bits per heavy atom. The SMILES string of the molecule is CCOc1ccc(/C=N/Nc2nnc(-c3ccc(OC)cc3)c(=O)[nH]2)cc1Cl. The fourth-order valence-corrected chi connectivity index (χ4v) is 2.61. The Kier molecular flexibility index (Phi) is 6.23. The van der Waals surface area contributed by atoms with Gasteiger partial charge in [0.25, 0.3) is 5.56 Å². The summed E-state index contributed by atoms with van der Waals surface area (Å²) < 4.78 is 10.5. The highest BCUT2D eigenvalue weighted by molar-refractivity contribution is 6.32. The fraction of sp³-hybridized carbons (Fsp3) is 0.158. The first-order chi connectivity index (χ1) is 13.6. The Labute approximate surface area is 166 Å². The van der Waals surface area contributed by atoms with Crippen LogP contribution in [0.2, 0.25) is 5.02 Å². The number of nitrogens with zero attached hydrogens (tertiary/aromatic N) is 3. The van der Waals surface area contributed by atoms with Gasteiger partial charge < -0.3 is 9.47 Å². The minimum Gasteiger partial charge on any atom is -0.497 e. The number of H-pyrrole nitrogens is 1. The molecule has 0 saturated heterocycles. The van der Waals surface area contributed by atoms with Gasteiger partial charge in [0, 0.05) is 5.56 Å². The van der Waals surface area contributed by atoms with Gasteiger partial charge in [0.15, 0.2) is 5.69 Å². The number of hydrazone groups is 1. The van der Waals surface area contributed by atoms with Gasteiger partial charge in [0.2, 0.25) is 5.95 Å². The third kappa shape index (κ3) is 4.66. The molecule has 3 aromatic rings. The Hall–Kier alpha value is -3.39. The second kappa shape index (κ2) is 9.01. The molecule has 0 fully saturated rings. The smallest absolute Gasteiger partial charge is 0.279 e. The van der Waals surface area contributed by atoms with Crippen LogP contribution < -0.4 is 20.5 Å². The van der Waals surface area contributed by atoms with Crippen molar-refractivity contribution in [3.8, 4) is 22.8 Å². The summed E-state index contributed by atoms with van der Waals surface area (Å²) in [5.74, 6) is 1.42. The zero-order valence-electron chi connectivity index (χ0n) is 15.3. The number of anilines is 1. The van der Waals surface area contributed by atoms with E-state index in [1.165, 1.54) is 0 Å². The van der Waals surface area contributed by atoms with Gasteiger partial charge in [-0.2, -0.15) is 5.10 Å². The molecule has 1 heterocycles. The monoisotopic (exact) mass is 399 g/mol. The highest BCUT2D eigenvalue weighted by atomic mass is 35.5. The Morgan fingerprint density at radius 1 is 1.21 bits per heavy atom. The number of aromatic amines is 1. The number of ether oxygens (including phenoxy) is 2. The summed E-state index contributed by atoms with van der Waals surface area (Å²) in [5, 5.41) is 12.4. The highest BCUT2D eigenvalue weighted by Crippen LogP contribution is 2.24. The van der Waals surface area contributed by atoms with Crippen LogP contribution in [0.1, 0.15) is 12.5 Å². The lowest BCUT2D eigenvalue weighted by Crippen LogP contribution is -2.15. The molecule has 144 valence electrons. The molecule has 0 amide bonds. The Bertz CT molecular complexity index is 1030. The molecule has 0 unspecified atom stereocenters. The van der Waals surface area contributed by atoms with Crippen molar-refractivity contribution in [3.05, 3.63) is 63.4 Å². The number of halogens is 1. The first-order valence-corrected chi connectivity index (χ1v) is 8.81. The van der Waals surface area contributed by atoms with E-state index in [-0.39, 0.29) is 17.2 Å². The number of benzene rings is 2. The van der Waals surface area contributed by atoms with Gasteiger partial charge in [-0.3, -0.25) is 9.78 Å². The predicted molar refractivity (Wildman–Crippen MR) is 108 cm³/mol. The molecule has 0 aliphatic heterocycles. The average Bonchev–Trinajstić information content (AvgIpc) is 2.70. The normalized spacial score (nSPS) is 10.8. The van der Waals surface area contributed by atoms with Gasteiger partial charge in [-0.15, -0.1) is 10.2 Å². The molecule has 3 rings (SSSR count). The van der Waals surface area contributed by atoms with E-state index in [2.05, 4.69) is 25.7 Å². The summed E-state index contributed by atoms with van der Waals surface area (Å²) in [6.07, 6.45) is 1.54. The van der Waals surface area contributed by atoms with Gasteiger partial charge in [0.1, 0.15) is 11.5 Å². The molecule has 0 saturated carbocycles. The van der Waals surface area contributed by atoms with E-state index in [0.29, 0.717) is 28.7 Å². The molecule has 1 aromatic heterocycles. The second-order valence-corrected chi connectivity index (χ2v) is 5.98. The lowest BCUT2D eigenvalue weighted by atomic mass is 10.1. The first kappa shape index (κ1) is 19.4. The number of nitrogens with one attached hydrogen (secondary N) is 2. The number of rotatable bonds is 7. The largest absolute Gasteiger partial charge is 0.497 e. The van der Waals surface area contributed by atoms with E-state index >= 15 is 0 Å². The lowest BCUT2D eigenvalue weighted by molar-refractivity contribution is 0.340. The van der Waals surface area contributed by atoms with Crippen LogP contribution in [0, 0.1) is 0 Å². The van der Waals surface area contributed by atoms with Gasteiger partial charge in [0.05, 0.1) is 25.0 Å². The molecule has 0 atom stereocenters. The van der Waals surface area contributed by atoms with Crippen molar-refractivity contribution in [2.24, 2.45) is 5.10 Å². The quantitative estimate of drug-likeness (QED) is 0.466. The van der Waals surface area contributed by atoms with Crippen molar-refractivity contribution in [3.63, 3.8) is 0 Å². The average molecular weight is 400 g/mol. The van der Waals surface area contributed by atoms with Gasteiger partial charge >= 0.3 is 0 Å². The van der Waals surface area contributed by atoms with Crippen LogP contribution in [0.25, 0.3) is 11.3 Å². The summed E-state index contributed by atoms with van der Waals surface area (Å²) in [4.78, 5) is 14.9. The lowest BCUT2D eigenvalue weighted by Gasteiger charge is -2.05. The maximum Gasteiger partial charge on any atom is 0.279 e. The summed E-state index contributed by atoms with van der Waals surface area (Å²) >= 11 is 6.13. The molecule has 28 heavy (non-hydrogen) atoms. The van der Waals surface area contributed by atoms with Crippen LogP contribution in [0.5, 0.6) is 11.5 Å². The minimum absolute atomic E-state index is 0.121. The van der Waals surface area contributed by atoms with Crippen LogP contribution >= 0.6 is 11.6 Å². The molecule has 0 aliphatic rings. The number of aromatic nitrogens is 3. The zero-order valence-corrected chi connectivity index (χ0v) is 16.0. The van der Waals surface area contributed by atoms with E-state index in [9.17, 15) is 4.79 Å². The van der Waals surface area contributed by atoms with E-state index in [1.54, 1.807) is 49.7 Å². The summed E-state index contributed by atoms with van der Waals surface area (Å²) in [5.41, 5.74) is 3.84. The topological polar surface area (TPSA) is 101 Å². The molecular formula is C19H18ClN5O3. The summed E-state index contributed by atoms with van der Waals surface area (Å²) in [6.45, 7) is 2.42. The van der Waals surface area contributed by atoms with Crippen molar-refractivity contribution < 1.29 is 9.47 Å². The third-order valence-electron chi connectivity index (χ3n) is 3.70. The Balaban J connectivity index is 1.69. The van der Waals surface area contributed by atoms with Crippen LogP contribution in [-0.4, -0.2) is 35.1 Å². The van der Waals surface area contributed by atoms with Crippen LogP contribution in [-0.2, 0) is 0 Å². The molecule has 2 N–H and O–H groups in total. The van der Waals surface area contributed by atoms with Crippen LogP contribution in [0.4, 0.5) is 5.95 Å². The molecule has 0 spiro atoms. The molecule has 0 radical (unpaired) electrons. The van der Waals surface area contributed by atoms with E-state index in [0.717, 1.165) is 5.56 Å². The fourth-order valence-electron chi connectivity index (χ4n) is 2.36. The van der Waals surface area contributed by atoms with E-state index in [1.807, 2.05) is 13.0 Å². The minimum atomic E-state index is -0.387. The predicted octanol–water partition coefficient (Wildman–Crippen LogP) is 3.34. The van der Waals surface area contributed by atoms with Crippen molar-refractivity contribution in [1.82, 2.24) is 15.2 Å². The first-order valence-electron chi connectivity index (χ1n) is 8.43. The molecule has 0 aliphatic carbocycles. The zero-order chi connectivity index (χ0) is 19.9. The van der Waals surface area contributed by atoms with Gasteiger partial charge in [-0.05, 0) is 55.0 Å². The summed E-state index contributed by atoms with van der Waals surface area (Å²) in [7, 11) is 1.57. The van der Waals surface area contributed by atoms with Gasteiger partial charge in [-0.25, -0.2) is 5.43 Å². The van der Waals surface area contributed by atoms with Crippen molar-refractivity contribution in [1.29, 1.82) is 0 Å². The number of hydrogen-bond donors (Lipinski definition) is 2. The molecule has 0 bridgehead atoms. The molecule has 9 heteroatoms. The van der Waals surface area contributed by atoms with E-state index in [4.69, 9.17) is 21.1 Å². The summed E-state index contributed by atoms with van der Waals surface area (Å²) in [6, 6.07) is 12.3. The molecular weight excluding hydrogens is 382 g/mol. The number of methoxy groups -OCH3 is 1. The second-order valence-electron chi connectivity index (χ2n) is 5.57. The third-order valence-corrected chi connectivity index (χ3v) is 4.00. The van der Waals surface area contributed by atoms with Crippen molar-refractivity contribution in [2.75, 3.05) is 19.1 Å². The Morgan fingerprint density at radius 2 is 2.00 bits per heavy atom. The highest BCUT2D eigenvalue weighted by Gasteiger charge is 2.07. The standard InChI is InChI=1S/C19H18ClN5O3/c1-3-28-16-9-4-12(10-15(16)20)11-21-24-19-22-18(26)17(23-25-19)13-5-7-14(27-2)8-6-13/h4-11H,3H2,1-2H3,(H2,22,24,25,26)/b21-11+. The van der Waals surface area contributed by atoms with Crippen LogP contribution in [0.3, 0.4) is 0 Å². The number of hydrogen-bond acceptors (Lipinski definition) is 7. The van der Waals surface area contributed by atoms with Crippen LogP contribution in [0.15, 0.2) is 52.4 Å². The maximum atomic E-state index is 12.3. The van der Waals surface area contributed by atoms with Gasteiger partial charge in [-0.1, -0.05) is 11.6 Å². The van der Waals surface area contributed by atoms with Crippen molar-refractivity contribution in [2.45, 2.75) is 6.92 Å². The maximum absolute atomic E-state index is 12.3.